The number of nitro groups is 1. The van der Waals surface area contributed by atoms with Crippen LogP contribution in [0, 0.1) is 10.1 Å². The zero-order chi connectivity index (χ0) is 13.0. The van der Waals surface area contributed by atoms with Crippen molar-refractivity contribution in [2.75, 3.05) is 11.9 Å². The third-order valence-corrected chi connectivity index (χ3v) is 2.61. The van der Waals surface area contributed by atoms with Crippen molar-refractivity contribution in [3.63, 3.8) is 0 Å². The minimum Gasteiger partial charge on any atom is -0.384 e. The molecule has 0 saturated carbocycles. The van der Waals surface area contributed by atoms with E-state index in [1.807, 2.05) is 18.2 Å². The van der Waals surface area contributed by atoms with Crippen molar-refractivity contribution in [3.05, 3.63) is 53.2 Å². The summed E-state index contributed by atoms with van der Waals surface area (Å²) in [6, 6.07) is 6.77. The van der Waals surface area contributed by atoms with Gasteiger partial charge in [-0.15, -0.1) is 6.58 Å². The molecular formula is C13H13N3O2. The first-order valence-electron chi connectivity index (χ1n) is 5.61. The molecule has 0 aliphatic rings. The molecule has 0 aliphatic carbocycles. The highest BCUT2D eigenvalue weighted by Gasteiger charge is 2.13. The summed E-state index contributed by atoms with van der Waals surface area (Å²) < 4.78 is 0. The molecule has 0 radical (unpaired) electrons. The molecule has 0 unspecified atom stereocenters. The van der Waals surface area contributed by atoms with Gasteiger partial charge in [0.15, 0.2) is 0 Å². The Morgan fingerprint density at radius 3 is 3.00 bits per heavy atom. The van der Waals surface area contributed by atoms with Crippen molar-refractivity contribution in [1.29, 1.82) is 0 Å². The summed E-state index contributed by atoms with van der Waals surface area (Å²) in [4.78, 5) is 14.6. The fourth-order valence-electron chi connectivity index (χ4n) is 1.77. The summed E-state index contributed by atoms with van der Waals surface area (Å²) in [6.07, 6.45) is 4.23. The van der Waals surface area contributed by atoms with Crippen LogP contribution in [0.15, 0.2) is 43.1 Å². The fourth-order valence-corrected chi connectivity index (χ4v) is 1.77. The minimum absolute atomic E-state index is 0.0277. The molecule has 0 saturated heterocycles. The van der Waals surface area contributed by atoms with Gasteiger partial charge in [-0.2, -0.15) is 0 Å². The van der Waals surface area contributed by atoms with Crippen molar-refractivity contribution in [2.45, 2.75) is 6.42 Å². The maximum absolute atomic E-state index is 10.9. The van der Waals surface area contributed by atoms with Gasteiger partial charge in [0.1, 0.15) is 5.52 Å². The first-order chi connectivity index (χ1) is 8.74. The molecule has 0 amide bonds. The van der Waals surface area contributed by atoms with Crippen LogP contribution < -0.4 is 5.32 Å². The molecule has 1 aromatic carbocycles. The molecule has 2 aromatic rings. The van der Waals surface area contributed by atoms with Crippen molar-refractivity contribution in [2.24, 2.45) is 0 Å². The average molecular weight is 243 g/mol. The van der Waals surface area contributed by atoms with E-state index in [2.05, 4.69) is 16.9 Å². The number of hydrogen-bond donors (Lipinski definition) is 1. The number of nitro benzene ring substituents is 1. The Morgan fingerprint density at radius 2 is 2.28 bits per heavy atom. The Kier molecular flexibility index (Phi) is 3.52. The van der Waals surface area contributed by atoms with Gasteiger partial charge in [0.2, 0.25) is 0 Å². The molecule has 0 fully saturated rings. The normalized spacial score (nSPS) is 10.2. The van der Waals surface area contributed by atoms with E-state index in [1.165, 1.54) is 6.07 Å². The molecular weight excluding hydrogens is 230 g/mol. The number of rotatable bonds is 5. The van der Waals surface area contributed by atoms with Crippen LogP contribution in [0.4, 0.5) is 11.4 Å². The summed E-state index contributed by atoms with van der Waals surface area (Å²) in [7, 11) is 0. The predicted octanol–water partition coefficient (Wildman–Crippen LogP) is 3.13. The summed E-state index contributed by atoms with van der Waals surface area (Å²) in [6.45, 7) is 4.39. The van der Waals surface area contributed by atoms with E-state index in [4.69, 9.17) is 0 Å². The van der Waals surface area contributed by atoms with Gasteiger partial charge in [-0.1, -0.05) is 18.2 Å². The number of anilines is 1. The lowest BCUT2D eigenvalue weighted by Crippen LogP contribution is -2.01. The maximum atomic E-state index is 10.9. The Hall–Kier alpha value is -2.43. The molecule has 5 nitrogen and oxygen atoms in total. The molecule has 0 bridgehead atoms. The Morgan fingerprint density at radius 1 is 1.44 bits per heavy atom. The highest BCUT2D eigenvalue weighted by atomic mass is 16.6. The van der Waals surface area contributed by atoms with E-state index < -0.39 is 4.92 Å². The van der Waals surface area contributed by atoms with Gasteiger partial charge >= 0.3 is 0 Å². The van der Waals surface area contributed by atoms with Crippen LogP contribution >= 0.6 is 0 Å². The lowest BCUT2D eigenvalue weighted by molar-refractivity contribution is -0.383. The second-order valence-electron chi connectivity index (χ2n) is 3.79. The largest absolute Gasteiger partial charge is 0.384 e. The monoisotopic (exact) mass is 243 g/mol. The molecule has 1 aromatic heterocycles. The first kappa shape index (κ1) is 12.0. The third kappa shape index (κ3) is 2.29. The number of nitrogens with zero attached hydrogens (tertiary/aromatic N) is 2. The molecule has 1 N–H and O–H groups in total. The average Bonchev–Trinajstić information content (AvgIpc) is 2.38. The summed E-state index contributed by atoms with van der Waals surface area (Å²) in [5, 5.41) is 14.9. The van der Waals surface area contributed by atoms with E-state index in [9.17, 15) is 10.1 Å². The Bertz CT molecular complexity index is 596. The number of non-ortho nitro benzene ring substituents is 1. The van der Waals surface area contributed by atoms with Crippen LogP contribution in [-0.2, 0) is 0 Å². The smallest absolute Gasteiger partial charge is 0.295 e. The number of hydrogen-bond acceptors (Lipinski definition) is 4. The van der Waals surface area contributed by atoms with Gasteiger partial charge < -0.3 is 5.32 Å². The van der Waals surface area contributed by atoms with Gasteiger partial charge in [0, 0.05) is 29.9 Å². The minimum atomic E-state index is -0.414. The summed E-state index contributed by atoms with van der Waals surface area (Å²) >= 11 is 0. The topological polar surface area (TPSA) is 68.1 Å². The molecule has 5 heteroatoms. The second kappa shape index (κ2) is 5.27. The van der Waals surface area contributed by atoms with Crippen LogP contribution in [-0.4, -0.2) is 16.5 Å². The van der Waals surface area contributed by atoms with E-state index >= 15 is 0 Å². The van der Waals surface area contributed by atoms with Crippen LogP contribution in [0.5, 0.6) is 0 Å². The van der Waals surface area contributed by atoms with Crippen molar-refractivity contribution in [1.82, 2.24) is 4.98 Å². The Balaban J connectivity index is 2.46. The fraction of sp³-hybridized carbons (Fsp3) is 0.154. The van der Waals surface area contributed by atoms with Crippen LogP contribution in [0.3, 0.4) is 0 Å². The van der Waals surface area contributed by atoms with E-state index in [1.54, 1.807) is 12.3 Å². The highest BCUT2D eigenvalue weighted by Crippen LogP contribution is 2.28. The van der Waals surface area contributed by atoms with Gasteiger partial charge in [0.05, 0.1) is 4.92 Å². The van der Waals surface area contributed by atoms with Crippen molar-refractivity contribution in [3.8, 4) is 0 Å². The molecule has 1 heterocycles. The van der Waals surface area contributed by atoms with E-state index in [0.29, 0.717) is 5.52 Å². The number of aromatic nitrogens is 1. The van der Waals surface area contributed by atoms with Gasteiger partial charge in [0.25, 0.3) is 5.69 Å². The number of benzene rings is 1. The zero-order valence-corrected chi connectivity index (χ0v) is 9.80. The SMILES string of the molecule is C=CCCNc1ccnc2c([N+](=O)[O-])cccc12. The number of para-hydroxylation sites is 1. The first-order valence-corrected chi connectivity index (χ1v) is 5.61. The van der Waals surface area contributed by atoms with Crippen molar-refractivity contribution < 1.29 is 4.92 Å². The van der Waals surface area contributed by atoms with Crippen LogP contribution in [0.1, 0.15) is 6.42 Å². The summed E-state index contributed by atoms with van der Waals surface area (Å²) in [5.41, 5.74) is 1.29. The lowest BCUT2D eigenvalue weighted by atomic mass is 10.1. The van der Waals surface area contributed by atoms with E-state index in [0.717, 1.165) is 24.0 Å². The quantitative estimate of drug-likeness (QED) is 0.379. The number of nitrogens with one attached hydrogen (secondary N) is 1. The van der Waals surface area contributed by atoms with E-state index in [-0.39, 0.29) is 5.69 Å². The summed E-state index contributed by atoms with van der Waals surface area (Å²) in [5.74, 6) is 0. The molecule has 0 atom stereocenters. The van der Waals surface area contributed by atoms with Gasteiger partial charge in [-0.3, -0.25) is 10.1 Å². The number of fused-ring (bicyclic) bond motifs is 1. The van der Waals surface area contributed by atoms with Gasteiger partial charge in [-0.25, -0.2) is 4.98 Å². The molecule has 92 valence electrons. The van der Waals surface area contributed by atoms with Crippen LogP contribution in [0.25, 0.3) is 10.9 Å². The molecule has 0 spiro atoms. The third-order valence-electron chi connectivity index (χ3n) is 2.61. The zero-order valence-electron chi connectivity index (χ0n) is 9.80. The van der Waals surface area contributed by atoms with Gasteiger partial charge in [-0.05, 0) is 12.5 Å². The Labute approximate surface area is 104 Å². The van der Waals surface area contributed by atoms with Crippen molar-refractivity contribution >= 4 is 22.3 Å². The maximum Gasteiger partial charge on any atom is 0.295 e. The lowest BCUT2D eigenvalue weighted by Gasteiger charge is -2.08. The molecule has 18 heavy (non-hydrogen) atoms. The number of pyridine rings is 1. The van der Waals surface area contributed by atoms with Crippen LogP contribution in [0.2, 0.25) is 0 Å². The second-order valence-corrected chi connectivity index (χ2v) is 3.79. The highest BCUT2D eigenvalue weighted by molar-refractivity contribution is 5.96. The standard InChI is InChI=1S/C13H13N3O2/c1-2-3-8-14-11-7-9-15-13-10(11)5-4-6-12(13)16(17)18/h2,4-7,9H,1,3,8H2,(H,14,15). The predicted molar refractivity (Wildman–Crippen MR) is 71.7 cm³/mol. The molecule has 2 rings (SSSR count). The molecule has 0 aliphatic heterocycles.